The molecule has 0 radical (unpaired) electrons. The maximum atomic E-state index is 13.4. The molecule has 1 amide bonds. The lowest BCUT2D eigenvalue weighted by Gasteiger charge is -2.08. The molecule has 0 spiro atoms. The van der Waals surface area contributed by atoms with Gasteiger partial charge in [0.25, 0.3) is 5.91 Å². The van der Waals surface area contributed by atoms with E-state index < -0.39 is 11.7 Å². The number of nitrogens with one attached hydrogen (secondary N) is 1. The largest absolute Gasteiger partial charge is 0.321 e. The van der Waals surface area contributed by atoms with Crippen molar-refractivity contribution < 1.29 is 9.18 Å². The van der Waals surface area contributed by atoms with Crippen LogP contribution in [-0.4, -0.2) is 10.9 Å². The van der Waals surface area contributed by atoms with Crippen LogP contribution >= 0.6 is 11.6 Å². The van der Waals surface area contributed by atoms with Crippen LogP contribution in [0.25, 0.3) is 0 Å². The predicted octanol–water partition coefficient (Wildman–Crippen LogP) is 3.31. The number of amides is 1. The number of benzene rings is 1. The SMILES string of the molecule is Cc1cc(C(=O)Nc2cccc(F)c2C#N)cc(Cl)n1. The van der Waals surface area contributed by atoms with Gasteiger partial charge in [0.1, 0.15) is 22.6 Å². The molecular formula is C14H9ClFN3O. The van der Waals surface area contributed by atoms with E-state index in [4.69, 9.17) is 16.9 Å². The third-order valence-corrected chi connectivity index (χ3v) is 2.75. The van der Waals surface area contributed by atoms with Crippen LogP contribution in [0.1, 0.15) is 21.6 Å². The molecule has 0 fully saturated rings. The number of pyridine rings is 1. The summed E-state index contributed by atoms with van der Waals surface area (Å²) in [6.07, 6.45) is 0. The van der Waals surface area contributed by atoms with Gasteiger partial charge in [0.15, 0.2) is 0 Å². The molecule has 0 unspecified atom stereocenters. The number of nitrogens with zero attached hydrogens (tertiary/aromatic N) is 2. The number of hydrogen-bond donors (Lipinski definition) is 1. The first-order valence-electron chi connectivity index (χ1n) is 5.65. The monoisotopic (exact) mass is 289 g/mol. The van der Waals surface area contributed by atoms with Crippen LogP contribution in [-0.2, 0) is 0 Å². The van der Waals surface area contributed by atoms with Crippen molar-refractivity contribution in [3.8, 4) is 6.07 Å². The second kappa shape index (κ2) is 5.68. The van der Waals surface area contributed by atoms with Crippen molar-refractivity contribution in [1.29, 1.82) is 5.26 Å². The first-order valence-corrected chi connectivity index (χ1v) is 6.03. The first kappa shape index (κ1) is 14.0. The van der Waals surface area contributed by atoms with Crippen molar-refractivity contribution in [2.24, 2.45) is 0 Å². The topological polar surface area (TPSA) is 65.8 Å². The second-order valence-corrected chi connectivity index (χ2v) is 4.44. The van der Waals surface area contributed by atoms with E-state index in [-0.39, 0.29) is 22.0 Å². The number of carbonyl (C=O) groups is 1. The Hall–Kier alpha value is -2.45. The van der Waals surface area contributed by atoms with Crippen LogP contribution < -0.4 is 5.32 Å². The minimum Gasteiger partial charge on any atom is -0.321 e. The Kier molecular flexibility index (Phi) is 3.97. The second-order valence-electron chi connectivity index (χ2n) is 4.05. The van der Waals surface area contributed by atoms with E-state index in [1.807, 2.05) is 0 Å². The van der Waals surface area contributed by atoms with Gasteiger partial charge >= 0.3 is 0 Å². The number of nitriles is 1. The molecule has 0 aliphatic rings. The molecule has 1 heterocycles. The summed E-state index contributed by atoms with van der Waals surface area (Å²) in [5.41, 5.74) is 0.777. The molecule has 1 N–H and O–H groups in total. The molecule has 1 aromatic heterocycles. The van der Waals surface area contributed by atoms with Crippen molar-refractivity contribution in [3.63, 3.8) is 0 Å². The third kappa shape index (κ3) is 2.92. The lowest BCUT2D eigenvalue weighted by Crippen LogP contribution is -2.14. The van der Waals surface area contributed by atoms with Gasteiger partial charge < -0.3 is 5.32 Å². The molecule has 0 aliphatic carbocycles. The summed E-state index contributed by atoms with van der Waals surface area (Å²) in [5.74, 6) is -1.17. The average molecular weight is 290 g/mol. The molecule has 2 rings (SSSR count). The standard InChI is InChI=1S/C14H9ClFN3O/c1-8-5-9(6-13(15)18-8)14(20)19-12-4-2-3-11(16)10(12)7-17/h2-6H,1H3,(H,19,20). The van der Waals surface area contributed by atoms with E-state index >= 15 is 0 Å². The van der Waals surface area contributed by atoms with Crippen molar-refractivity contribution in [2.75, 3.05) is 5.32 Å². The molecule has 0 bridgehead atoms. The lowest BCUT2D eigenvalue weighted by atomic mass is 10.1. The normalized spacial score (nSPS) is 9.90. The summed E-state index contributed by atoms with van der Waals surface area (Å²) in [6, 6.07) is 8.68. The highest BCUT2D eigenvalue weighted by molar-refractivity contribution is 6.29. The van der Waals surface area contributed by atoms with Crippen LogP contribution in [0, 0.1) is 24.1 Å². The zero-order valence-corrected chi connectivity index (χ0v) is 11.2. The van der Waals surface area contributed by atoms with Crippen LogP contribution in [0.15, 0.2) is 30.3 Å². The summed E-state index contributed by atoms with van der Waals surface area (Å²) in [5, 5.41) is 11.6. The fourth-order valence-electron chi connectivity index (χ4n) is 1.70. The number of halogens is 2. The van der Waals surface area contributed by atoms with E-state index in [1.54, 1.807) is 19.1 Å². The number of rotatable bonds is 2. The lowest BCUT2D eigenvalue weighted by molar-refractivity contribution is 0.102. The molecule has 0 saturated heterocycles. The maximum absolute atomic E-state index is 13.4. The van der Waals surface area contributed by atoms with Crippen molar-refractivity contribution in [1.82, 2.24) is 4.98 Å². The van der Waals surface area contributed by atoms with E-state index in [0.717, 1.165) is 6.07 Å². The van der Waals surface area contributed by atoms with Gasteiger partial charge in [-0.3, -0.25) is 4.79 Å². The first-order chi connectivity index (χ1) is 9.51. The van der Waals surface area contributed by atoms with Gasteiger partial charge in [0, 0.05) is 11.3 Å². The Labute approximate surface area is 119 Å². The molecule has 20 heavy (non-hydrogen) atoms. The molecule has 0 atom stereocenters. The summed E-state index contributed by atoms with van der Waals surface area (Å²) in [7, 11) is 0. The Morgan fingerprint density at radius 3 is 2.85 bits per heavy atom. The maximum Gasteiger partial charge on any atom is 0.255 e. The molecule has 0 saturated carbocycles. The minimum absolute atomic E-state index is 0.114. The Morgan fingerprint density at radius 2 is 2.20 bits per heavy atom. The van der Waals surface area contributed by atoms with Crippen LogP contribution in [0.2, 0.25) is 5.15 Å². The molecule has 100 valence electrons. The van der Waals surface area contributed by atoms with E-state index in [0.29, 0.717) is 5.69 Å². The van der Waals surface area contributed by atoms with Gasteiger partial charge in [-0.2, -0.15) is 5.26 Å². The van der Waals surface area contributed by atoms with Crippen molar-refractivity contribution >= 4 is 23.2 Å². The number of aromatic nitrogens is 1. The van der Waals surface area contributed by atoms with Gasteiger partial charge in [0.05, 0.1) is 5.69 Å². The summed E-state index contributed by atoms with van der Waals surface area (Å²) in [4.78, 5) is 16.0. The van der Waals surface area contributed by atoms with E-state index in [1.165, 1.54) is 18.2 Å². The molecular weight excluding hydrogens is 281 g/mol. The fraction of sp³-hybridized carbons (Fsp3) is 0.0714. The highest BCUT2D eigenvalue weighted by Gasteiger charge is 2.13. The van der Waals surface area contributed by atoms with Crippen LogP contribution in [0.3, 0.4) is 0 Å². The smallest absolute Gasteiger partial charge is 0.255 e. The van der Waals surface area contributed by atoms with Crippen molar-refractivity contribution in [2.45, 2.75) is 6.92 Å². The molecule has 6 heteroatoms. The van der Waals surface area contributed by atoms with Crippen molar-refractivity contribution in [3.05, 3.63) is 58.1 Å². The molecule has 4 nitrogen and oxygen atoms in total. The Bertz CT molecular complexity index is 705. The minimum atomic E-state index is -0.686. The van der Waals surface area contributed by atoms with E-state index in [2.05, 4.69) is 10.3 Å². The van der Waals surface area contributed by atoms with Gasteiger partial charge in [-0.25, -0.2) is 9.37 Å². The number of hydrogen-bond acceptors (Lipinski definition) is 3. The Balaban J connectivity index is 2.33. The fourth-order valence-corrected chi connectivity index (χ4v) is 1.95. The summed E-state index contributed by atoms with van der Waals surface area (Å²) < 4.78 is 13.4. The zero-order valence-electron chi connectivity index (χ0n) is 10.4. The predicted molar refractivity (Wildman–Crippen MR) is 73.1 cm³/mol. The molecule has 1 aromatic carbocycles. The third-order valence-electron chi connectivity index (χ3n) is 2.56. The molecule has 2 aromatic rings. The molecule has 0 aliphatic heterocycles. The zero-order chi connectivity index (χ0) is 14.7. The van der Waals surface area contributed by atoms with E-state index in [9.17, 15) is 9.18 Å². The van der Waals surface area contributed by atoms with Gasteiger partial charge in [-0.05, 0) is 31.2 Å². The summed E-state index contributed by atoms with van der Waals surface area (Å²) in [6.45, 7) is 1.70. The quantitative estimate of drug-likeness (QED) is 0.863. The summed E-state index contributed by atoms with van der Waals surface area (Å²) >= 11 is 5.78. The highest BCUT2D eigenvalue weighted by Crippen LogP contribution is 2.19. The average Bonchev–Trinajstić information content (AvgIpc) is 2.37. The van der Waals surface area contributed by atoms with Gasteiger partial charge in [-0.15, -0.1) is 0 Å². The Morgan fingerprint density at radius 1 is 1.45 bits per heavy atom. The number of carbonyl (C=O) groups excluding carboxylic acids is 1. The van der Waals surface area contributed by atoms with Crippen LogP contribution in [0.4, 0.5) is 10.1 Å². The van der Waals surface area contributed by atoms with Crippen LogP contribution in [0.5, 0.6) is 0 Å². The van der Waals surface area contributed by atoms with Gasteiger partial charge in [0.2, 0.25) is 0 Å². The highest BCUT2D eigenvalue weighted by atomic mass is 35.5. The number of aryl methyl sites for hydroxylation is 1. The van der Waals surface area contributed by atoms with Gasteiger partial charge in [-0.1, -0.05) is 17.7 Å². The number of anilines is 1.